The number of halogens is 1. The molecule has 4 nitrogen and oxygen atoms in total. The number of nitrogens with one attached hydrogen (secondary N) is 1. The van der Waals surface area contributed by atoms with E-state index in [0.29, 0.717) is 5.82 Å². The molecule has 1 aliphatic carbocycles. The molecule has 1 N–H and O–H groups in total. The Morgan fingerprint density at radius 3 is 2.65 bits per heavy atom. The Morgan fingerprint density at radius 2 is 2.00 bits per heavy atom. The summed E-state index contributed by atoms with van der Waals surface area (Å²) >= 11 is 5.67. The highest BCUT2D eigenvalue weighted by molar-refractivity contribution is 6.28. The number of anilines is 1. The van der Waals surface area contributed by atoms with E-state index in [1.165, 1.54) is 19.0 Å². The number of rotatable bonds is 2. The highest BCUT2D eigenvalue weighted by atomic mass is 35.5. The van der Waals surface area contributed by atoms with Gasteiger partial charge in [0.2, 0.25) is 11.2 Å². The largest absolute Gasteiger partial charge is 0.310 e. The normalized spacial score (nSPS) is 17.5. The maximum absolute atomic E-state index is 12.0. The van der Waals surface area contributed by atoms with Gasteiger partial charge in [-0.25, -0.2) is 9.97 Å². The Hall–Kier alpha value is -1.16. The first kappa shape index (κ1) is 12.3. The summed E-state index contributed by atoms with van der Waals surface area (Å²) in [6.45, 7) is 0. The van der Waals surface area contributed by atoms with Gasteiger partial charge in [0, 0.05) is 12.1 Å². The zero-order valence-electron chi connectivity index (χ0n) is 9.66. The van der Waals surface area contributed by atoms with Gasteiger partial charge in [-0.15, -0.1) is 0 Å². The van der Waals surface area contributed by atoms with Gasteiger partial charge in [0.15, 0.2) is 0 Å². The Morgan fingerprint density at radius 1 is 1.29 bits per heavy atom. The van der Waals surface area contributed by atoms with E-state index in [2.05, 4.69) is 15.3 Å². The second kappa shape index (κ2) is 5.96. The summed E-state index contributed by atoms with van der Waals surface area (Å²) in [7, 11) is 0. The van der Waals surface area contributed by atoms with Crippen LogP contribution in [-0.4, -0.2) is 15.9 Å². The van der Waals surface area contributed by atoms with Crippen LogP contribution in [0.4, 0.5) is 5.82 Å². The predicted molar refractivity (Wildman–Crippen MR) is 66.9 cm³/mol. The molecular formula is C12H16ClN3O. The second-order valence-corrected chi connectivity index (χ2v) is 4.73. The van der Waals surface area contributed by atoms with Crippen LogP contribution in [0.3, 0.4) is 0 Å². The van der Waals surface area contributed by atoms with E-state index >= 15 is 0 Å². The molecule has 5 heteroatoms. The molecule has 1 amide bonds. The molecule has 0 radical (unpaired) electrons. The first-order valence-electron chi connectivity index (χ1n) is 6.05. The summed E-state index contributed by atoms with van der Waals surface area (Å²) in [4.78, 5) is 19.7. The van der Waals surface area contributed by atoms with E-state index in [1.807, 2.05) is 0 Å². The number of aromatic nitrogens is 2. The molecule has 0 aliphatic heterocycles. The van der Waals surface area contributed by atoms with E-state index < -0.39 is 0 Å². The number of amides is 1. The fourth-order valence-electron chi connectivity index (χ4n) is 2.17. The number of carbonyl (C=O) groups is 1. The van der Waals surface area contributed by atoms with Crippen LogP contribution in [0.2, 0.25) is 5.28 Å². The van der Waals surface area contributed by atoms with Crippen molar-refractivity contribution in [3.63, 3.8) is 0 Å². The smallest absolute Gasteiger partial charge is 0.228 e. The first-order valence-corrected chi connectivity index (χ1v) is 6.43. The van der Waals surface area contributed by atoms with E-state index in [-0.39, 0.29) is 17.1 Å². The van der Waals surface area contributed by atoms with Gasteiger partial charge in [-0.2, -0.15) is 0 Å². The van der Waals surface area contributed by atoms with Crippen LogP contribution in [0.1, 0.15) is 38.5 Å². The maximum atomic E-state index is 12.0. The third-order valence-electron chi connectivity index (χ3n) is 3.10. The van der Waals surface area contributed by atoms with Crippen LogP contribution in [0.25, 0.3) is 0 Å². The van der Waals surface area contributed by atoms with Crippen LogP contribution in [0.5, 0.6) is 0 Å². The van der Waals surface area contributed by atoms with Crippen molar-refractivity contribution in [2.75, 3.05) is 5.32 Å². The van der Waals surface area contributed by atoms with E-state index in [0.717, 1.165) is 25.7 Å². The monoisotopic (exact) mass is 253 g/mol. The summed E-state index contributed by atoms with van der Waals surface area (Å²) in [6, 6.07) is 1.65. The average Bonchev–Trinajstić information content (AvgIpc) is 2.57. The molecule has 1 heterocycles. The highest BCUT2D eigenvalue weighted by Gasteiger charge is 2.20. The Kier molecular flexibility index (Phi) is 4.31. The van der Waals surface area contributed by atoms with Crippen molar-refractivity contribution >= 4 is 23.3 Å². The summed E-state index contributed by atoms with van der Waals surface area (Å²) in [6.07, 6.45) is 8.25. The second-order valence-electron chi connectivity index (χ2n) is 4.39. The summed E-state index contributed by atoms with van der Waals surface area (Å²) < 4.78 is 0. The van der Waals surface area contributed by atoms with Crippen LogP contribution < -0.4 is 5.32 Å². The van der Waals surface area contributed by atoms with Crippen molar-refractivity contribution in [2.24, 2.45) is 5.92 Å². The summed E-state index contributed by atoms with van der Waals surface area (Å²) in [5, 5.41) is 2.96. The molecule has 1 aromatic rings. The van der Waals surface area contributed by atoms with Gasteiger partial charge in [-0.05, 0) is 30.5 Å². The van der Waals surface area contributed by atoms with Crippen molar-refractivity contribution in [1.82, 2.24) is 9.97 Å². The minimum Gasteiger partial charge on any atom is -0.310 e. The summed E-state index contributed by atoms with van der Waals surface area (Å²) in [5.74, 6) is 0.659. The van der Waals surface area contributed by atoms with Gasteiger partial charge >= 0.3 is 0 Å². The molecule has 1 aromatic heterocycles. The number of nitrogens with zero attached hydrogens (tertiary/aromatic N) is 2. The molecule has 0 saturated heterocycles. The molecule has 1 fully saturated rings. The van der Waals surface area contributed by atoms with Gasteiger partial charge in [-0.3, -0.25) is 4.79 Å². The number of hydrogen-bond donors (Lipinski definition) is 1. The van der Waals surface area contributed by atoms with Crippen LogP contribution in [0.15, 0.2) is 12.3 Å². The molecule has 0 atom stereocenters. The lowest BCUT2D eigenvalue weighted by Gasteiger charge is -2.13. The molecule has 0 aromatic carbocycles. The van der Waals surface area contributed by atoms with Crippen molar-refractivity contribution in [2.45, 2.75) is 38.5 Å². The number of carbonyl (C=O) groups excluding carboxylic acids is 1. The van der Waals surface area contributed by atoms with Gasteiger partial charge in [0.05, 0.1) is 0 Å². The van der Waals surface area contributed by atoms with E-state index in [9.17, 15) is 4.79 Å². The lowest BCUT2D eigenvalue weighted by molar-refractivity contribution is -0.120. The Bertz CT molecular complexity index is 389. The molecule has 0 bridgehead atoms. The van der Waals surface area contributed by atoms with Crippen molar-refractivity contribution in [3.05, 3.63) is 17.5 Å². The molecular weight excluding hydrogens is 238 g/mol. The van der Waals surface area contributed by atoms with Crippen molar-refractivity contribution < 1.29 is 4.79 Å². The standard InChI is InChI=1S/C12H16ClN3O/c13-12-14-8-7-10(16-12)15-11(17)9-5-3-1-2-4-6-9/h7-9H,1-6H2,(H,14,15,16,17). The Balaban J connectivity index is 1.95. The fourth-order valence-corrected chi connectivity index (χ4v) is 2.32. The lowest BCUT2D eigenvalue weighted by atomic mass is 9.99. The average molecular weight is 254 g/mol. The minimum atomic E-state index is 0.0571. The molecule has 17 heavy (non-hydrogen) atoms. The van der Waals surface area contributed by atoms with Gasteiger partial charge in [-0.1, -0.05) is 25.7 Å². The molecule has 0 spiro atoms. The molecule has 2 rings (SSSR count). The van der Waals surface area contributed by atoms with Crippen LogP contribution in [0, 0.1) is 5.92 Å². The van der Waals surface area contributed by atoms with Gasteiger partial charge in [0.25, 0.3) is 0 Å². The van der Waals surface area contributed by atoms with Crippen LogP contribution in [-0.2, 0) is 4.79 Å². The maximum Gasteiger partial charge on any atom is 0.228 e. The fraction of sp³-hybridized carbons (Fsp3) is 0.583. The van der Waals surface area contributed by atoms with E-state index in [4.69, 9.17) is 11.6 Å². The van der Waals surface area contributed by atoms with Crippen molar-refractivity contribution in [3.8, 4) is 0 Å². The Labute approximate surface area is 106 Å². The van der Waals surface area contributed by atoms with Crippen LogP contribution >= 0.6 is 11.6 Å². The zero-order chi connectivity index (χ0) is 12.1. The molecule has 92 valence electrons. The minimum absolute atomic E-state index is 0.0571. The SMILES string of the molecule is O=C(Nc1ccnc(Cl)n1)C1CCCCCC1. The van der Waals surface area contributed by atoms with Gasteiger partial charge in [0.1, 0.15) is 5.82 Å². The van der Waals surface area contributed by atoms with Crippen molar-refractivity contribution in [1.29, 1.82) is 0 Å². The number of hydrogen-bond acceptors (Lipinski definition) is 3. The predicted octanol–water partition coefficient (Wildman–Crippen LogP) is 3.04. The lowest BCUT2D eigenvalue weighted by Crippen LogP contribution is -2.22. The quantitative estimate of drug-likeness (QED) is 0.651. The van der Waals surface area contributed by atoms with E-state index in [1.54, 1.807) is 6.07 Å². The van der Waals surface area contributed by atoms with Gasteiger partial charge < -0.3 is 5.32 Å². The molecule has 1 aliphatic rings. The molecule has 0 unspecified atom stereocenters. The topological polar surface area (TPSA) is 54.9 Å². The molecule has 1 saturated carbocycles. The summed E-state index contributed by atoms with van der Waals surface area (Å²) in [5.41, 5.74) is 0. The third-order valence-corrected chi connectivity index (χ3v) is 3.29. The zero-order valence-corrected chi connectivity index (χ0v) is 10.4. The third kappa shape index (κ3) is 3.66. The highest BCUT2D eigenvalue weighted by Crippen LogP contribution is 2.23. The first-order chi connectivity index (χ1) is 8.25.